The highest BCUT2D eigenvalue weighted by Crippen LogP contribution is 2.27. The highest BCUT2D eigenvalue weighted by Gasteiger charge is 2.20. The Morgan fingerprint density at radius 1 is 1.43 bits per heavy atom. The quantitative estimate of drug-likeness (QED) is 0.828. The molecule has 0 spiro atoms. The summed E-state index contributed by atoms with van der Waals surface area (Å²) in [6.45, 7) is 7.53. The SMILES string of the molecule is CCn1nc(C)c(Br)c1Cn1cc(CNCC2CC2)nn1. The zero-order valence-corrected chi connectivity index (χ0v) is 14.1. The number of aromatic nitrogens is 5. The number of aryl methyl sites for hydroxylation is 2. The molecule has 1 N–H and O–H groups in total. The zero-order chi connectivity index (χ0) is 14.8. The van der Waals surface area contributed by atoms with Crippen molar-refractivity contribution in [2.75, 3.05) is 6.54 Å². The summed E-state index contributed by atoms with van der Waals surface area (Å²) in [4.78, 5) is 0. The molecule has 1 aliphatic carbocycles. The molecule has 7 heteroatoms. The highest BCUT2D eigenvalue weighted by molar-refractivity contribution is 9.10. The van der Waals surface area contributed by atoms with Crippen molar-refractivity contribution in [1.82, 2.24) is 30.1 Å². The summed E-state index contributed by atoms with van der Waals surface area (Å²) in [7, 11) is 0. The van der Waals surface area contributed by atoms with Crippen LogP contribution in [0.4, 0.5) is 0 Å². The van der Waals surface area contributed by atoms with E-state index in [9.17, 15) is 0 Å². The second-order valence-corrected chi connectivity index (χ2v) is 6.44. The van der Waals surface area contributed by atoms with Crippen LogP contribution >= 0.6 is 15.9 Å². The van der Waals surface area contributed by atoms with E-state index in [0.29, 0.717) is 6.54 Å². The molecule has 0 bridgehead atoms. The third-order valence-corrected chi connectivity index (χ3v) is 4.82. The Labute approximate surface area is 133 Å². The fraction of sp³-hybridized carbons (Fsp3) is 0.643. The van der Waals surface area contributed by atoms with E-state index in [1.807, 2.05) is 22.5 Å². The highest BCUT2D eigenvalue weighted by atomic mass is 79.9. The molecule has 0 aromatic carbocycles. The first-order valence-electron chi connectivity index (χ1n) is 7.49. The van der Waals surface area contributed by atoms with Crippen LogP contribution in [0.5, 0.6) is 0 Å². The zero-order valence-electron chi connectivity index (χ0n) is 12.5. The van der Waals surface area contributed by atoms with E-state index in [1.54, 1.807) is 0 Å². The van der Waals surface area contributed by atoms with E-state index in [2.05, 4.69) is 43.6 Å². The first-order chi connectivity index (χ1) is 10.2. The van der Waals surface area contributed by atoms with Crippen LogP contribution in [0.2, 0.25) is 0 Å². The number of halogens is 1. The lowest BCUT2D eigenvalue weighted by Gasteiger charge is -2.05. The first kappa shape index (κ1) is 14.7. The van der Waals surface area contributed by atoms with E-state index in [0.717, 1.165) is 47.1 Å². The molecule has 0 radical (unpaired) electrons. The fourth-order valence-corrected chi connectivity index (χ4v) is 2.81. The van der Waals surface area contributed by atoms with Gasteiger partial charge in [-0.2, -0.15) is 5.10 Å². The Kier molecular flexibility index (Phi) is 4.40. The molecular formula is C14H21BrN6. The Bertz CT molecular complexity index is 613. The average Bonchev–Trinajstić information content (AvgIpc) is 3.13. The Morgan fingerprint density at radius 3 is 2.95 bits per heavy atom. The van der Waals surface area contributed by atoms with Crippen molar-refractivity contribution in [1.29, 1.82) is 0 Å². The van der Waals surface area contributed by atoms with Crippen LogP contribution in [0, 0.1) is 12.8 Å². The number of nitrogens with one attached hydrogen (secondary N) is 1. The van der Waals surface area contributed by atoms with Gasteiger partial charge in [0, 0.05) is 13.1 Å². The van der Waals surface area contributed by atoms with E-state index < -0.39 is 0 Å². The van der Waals surface area contributed by atoms with Crippen LogP contribution in [0.15, 0.2) is 10.7 Å². The van der Waals surface area contributed by atoms with Crippen molar-refractivity contribution in [2.24, 2.45) is 5.92 Å². The molecule has 0 unspecified atom stereocenters. The smallest absolute Gasteiger partial charge is 0.0964 e. The summed E-state index contributed by atoms with van der Waals surface area (Å²) in [6.07, 6.45) is 4.75. The van der Waals surface area contributed by atoms with Crippen molar-refractivity contribution in [3.63, 3.8) is 0 Å². The molecule has 1 saturated carbocycles. The summed E-state index contributed by atoms with van der Waals surface area (Å²) >= 11 is 3.61. The van der Waals surface area contributed by atoms with Gasteiger partial charge in [-0.15, -0.1) is 5.10 Å². The van der Waals surface area contributed by atoms with Gasteiger partial charge in [0.1, 0.15) is 0 Å². The Hall–Kier alpha value is -1.21. The molecular weight excluding hydrogens is 332 g/mol. The summed E-state index contributed by atoms with van der Waals surface area (Å²) in [5.74, 6) is 0.887. The molecule has 3 rings (SSSR count). The lowest BCUT2D eigenvalue weighted by Crippen LogP contribution is -2.16. The van der Waals surface area contributed by atoms with E-state index in [-0.39, 0.29) is 0 Å². The van der Waals surface area contributed by atoms with Crippen LogP contribution in [0.25, 0.3) is 0 Å². The summed E-state index contributed by atoms with van der Waals surface area (Å²) in [5, 5.41) is 16.4. The second kappa shape index (κ2) is 6.27. The maximum absolute atomic E-state index is 4.50. The topological polar surface area (TPSA) is 60.6 Å². The molecule has 21 heavy (non-hydrogen) atoms. The summed E-state index contributed by atoms with van der Waals surface area (Å²) in [5.41, 5.74) is 3.14. The standard InChI is InChI=1S/C14H21BrN6/c1-3-21-13(14(15)10(2)18-21)9-20-8-12(17-19-20)7-16-6-11-4-5-11/h8,11,16H,3-7,9H2,1-2H3. The second-order valence-electron chi connectivity index (χ2n) is 5.64. The maximum Gasteiger partial charge on any atom is 0.0964 e. The summed E-state index contributed by atoms with van der Waals surface area (Å²) in [6, 6.07) is 0. The van der Waals surface area contributed by atoms with Gasteiger partial charge in [-0.1, -0.05) is 5.21 Å². The van der Waals surface area contributed by atoms with Gasteiger partial charge in [0.2, 0.25) is 0 Å². The maximum atomic E-state index is 4.50. The lowest BCUT2D eigenvalue weighted by atomic mass is 10.3. The first-order valence-corrected chi connectivity index (χ1v) is 8.28. The van der Waals surface area contributed by atoms with Gasteiger partial charge in [0.05, 0.1) is 34.3 Å². The van der Waals surface area contributed by atoms with E-state index in [1.165, 1.54) is 12.8 Å². The molecule has 1 fully saturated rings. The molecule has 0 aliphatic heterocycles. The van der Waals surface area contributed by atoms with Crippen LogP contribution in [-0.2, 0) is 19.6 Å². The molecule has 2 heterocycles. The van der Waals surface area contributed by atoms with Crippen LogP contribution in [-0.4, -0.2) is 31.3 Å². The fourth-order valence-electron chi connectivity index (χ4n) is 2.40. The van der Waals surface area contributed by atoms with Crippen LogP contribution in [0.3, 0.4) is 0 Å². The Balaban J connectivity index is 1.63. The van der Waals surface area contributed by atoms with Gasteiger partial charge < -0.3 is 5.32 Å². The molecule has 114 valence electrons. The third-order valence-electron chi connectivity index (χ3n) is 3.79. The number of rotatable bonds is 7. The average molecular weight is 353 g/mol. The summed E-state index contributed by atoms with van der Waals surface area (Å²) < 4.78 is 4.95. The van der Waals surface area contributed by atoms with Crippen molar-refractivity contribution >= 4 is 15.9 Å². The molecule has 0 amide bonds. The van der Waals surface area contributed by atoms with Crippen LogP contribution < -0.4 is 5.32 Å². The van der Waals surface area contributed by atoms with E-state index in [4.69, 9.17) is 0 Å². The molecule has 0 saturated heterocycles. The number of hydrogen-bond donors (Lipinski definition) is 1. The third kappa shape index (κ3) is 3.52. The van der Waals surface area contributed by atoms with Crippen molar-refractivity contribution in [3.05, 3.63) is 27.8 Å². The van der Waals surface area contributed by atoms with Crippen molar-refractivity contribution < 1.29 is 0 Å². The van der Waals surface area contributed by atoms with Gasteiger partial charge in [-0.3, -0.25) is 4.68 Å². The van der Waals surface area contributed by atoms with Gasteiger partial charge in [-0.25, -0.2) is 4.68 Å². The van der Waals surface area contributed by atoms with Gasteiger partial charge in [0.25, 0.3) is 0 Å². The predicted molar refractivity (Wildman–Crippen MR) is 83.9 cm³/mol. The monoisotopic (exact) mass is 352 g/mol. The van der Waals surface area contributed by atoms with Crippen molar-refractivity contribution in [3.8, 4) is 0 Å². The Morgan fingerprint density at radius 2 is 2.24 bits per heavy atom. The minimum atomic E-state index is 0.685. The number of hydrogen-bond acceptors (Lipinski definition) is 4. The van der Waals surface area contributed by atoms with Gasteiger partial charge in [0.15, 0.2) is 0 Å². The minimum Gasteiger partial charge on any atom is -0.311 e. The van der Waals surface area contributed by atoms with E-state index >= 15 is 0 Å². The molecule has 2 aromatic heterocycles. The molecule has 6 nitrogen and oxygen atoms in total. The van der Waals surface area contributed by atoms with Crippen LogP contribution in [0.1, 0.15) is 36.8 Å². The molecule has 1 aliphatic rings. The van der Waals surface area contributed by atoms with Crippen molar-refractivity contribution in [2.45, 2.75) is 46.3 Å². The normalized spacial score (nSPS) is 14.8. The molecule has 0 atom stereocenters. The number of nitrogens with zero attached hydrogens (tertiary/aromatic N) is 5. The van der Waals surface area contributed by atoms with Gasteiger partial charge in [-0.05, 0) is 55.1 Å². The molecule has 2 aromatic rings. The minimum absolute atomic E-state index is 0.685. The van der Waals surface area contributed by atoms with Gasteiger partial charge >= 0.3 is 0 Å². The lowest BCUT2D eigenvalue weighted by molar-refractivity contribution is 0.563. The largest absolute Gasteiger partial charge is 0.311 e. The predicted octanol–water partition coefficient (Wildman–Crippen LogP) is 2.11.